The highest BCUT2D eigenvalue weighted by Gasteiger charge is 2.41. The van der Waals surface area contributed by atoms with E-state index in [9.17, 15) is 8.42 Å². The smallest absolute Gasteiger partial charge is 0.254 e. The highest BCUT2D eigenvalue weighted by atomic mass is 35.5. The number of halogens is 1. The fraction of sp³-hybridized carbons (Fsp3) is 0.750. The Bertz CT molecular complexity index is 592. The summed E-state index contributed by atoms with van der Waals surface area (Å²) < 4.78 is 33.2. The Morgan fingerprint density at radius 2 is 2.20 bits per heavy atom. The Kier molecular flexibility index (Phi) is 4.07. The van der Waals surface area contributed by atoms with Crippen molar-refractivity contribution in [2.24, 2.45) is 5.92 Å². The molecule has 0 aromatic carbocycles. The van der Waals surface area contributed by atoms with Gasteiger partial charge < -0.3 is 4.74 Å². The van der Waals surface area contributed by atoms with E-state index in [-0.39, 0.29) is 14.7 Å². The summed E-state index contributed by atoms with van der Waals surface area (Å²) in [6.07, 6.45) is 2.82. The predicted octanol–water partition coefficient (Wildman–Crippen LogP) is 2.29. The normalized spacial score (nSPS) is 23.6. The van der Waals surface area contributed by atoms with Crippen LogP contribution in [0.2, 0.25) is 4.47 Å². The van der Waals surface area contributed by atoms with Crippen molar-refractivity contribution in [2.45, 2.75) is 36.4 Å². The Balaban J connectivity index is 1.87. The number of sulfonamides is 1. The fourth-order valence-corrected chi connectivity index (χ4v) is 6.10. The number of hydrogen-bond acceptors (Lipinski definition) is 5. The molecule has 1 aliphatic heterocycles. The van der Waals surface area contributed by atoms with E-state index in [0.29, 0.717) is 24.8 Å². The average Bonchev–Trinajstić information content (AvgIpc) is 2.96. The van der Waals surface area contributed by atoms with E-state index in [4.69, 9.17) is 16.3 Å². The molecule has 2 fully saturated rings. The van der Waals surface area contributed by atoms with E-state index in [0.717, 1.165) is 37.2 Å². The van der Waals surface area contributed by atoms with Gasteiger partial charge in [0, 0.05) is 19.2 Å². The van der Waals surface area contributed by atoms with Crippen LogP contribution < -0.4 is 0 Å². The Morgan fingerprint density at radius 3 is 2.70 bits per heavy atom. The monoisotopic (exact) mass is 336 g/mol. The summed E-state index contributed by atoms with van der Waals surface area (Å²) in [5.41, 5.74) is 0.494. The van der Waals surface area contributed by atoms with Crippen molar-refractivity contribution in [1.82, 2.24) is 9.29 Å². The third-order valence-corrected chi connectivity index (χ3v) is 7.45. The number of aromatic nitrogens is 1. The highest BCUT2D eigenvalue weighted by Crippen LogP contribution is 2.37. The van der Waals surface area contributed by atoms with Crippen molar-refractivity contribution >= 4 is 33.0 Å². The Labute approximate surface area is 128 Å². The molecule has 1 unspecified atom stereocenters. The summed E-state index contributed by atoms with van der Waals surface area (Å²) >= 11 is 6.89. The van der Waals surface area contributed by atoms with Gasteiger partial charge >= 0.3 is 0 Å². The van der Waals surface area contributed by atoms with E-state index in [1.165, 1.54) is 0 Å². The lowest BCUT2D eigenvalue weighted by Crippen LogP contribution is -2.37. The van der Waals surface area contributed by atoms with Crippen LogP contribution in [0.25, 0.3) is 0 Å². The Hall–Kier alpha value is -0.210. The molecule has 0 spiro atoms. The summed E-state index contributed by atoms with van der Waals surface area (Å²) in [5, 5.41) is 0. The largest absolute Gasteiger partial charge is 0.381 e. The van der Waals surface area contributed by atoms with E-state index < -0.39 is 10.0 Å². The molecular formula is C12H17ClN2O3S2. The van der Waals surface area contributed by atoms with Crippen LogP contribution in [-0.4, -0.2) is 43.5 Å². The Morgan fingerprint density at radius 1 is 1.45 bits per heavy atom. The molecule has 1 aromatic heterocycles. The fourth-order valence-electron chi connectivity index (χ4n) is 2.48. The standard InChI is InChI=1S/C12H17ClN2O3S2/c1-8-11(19-12(13)14-8)20(16,17)15(10-2-3-10)6-9-4-5-18-7-9/h9-10H,2-7H2,1H3. The first kappa shape index (κ1) is 14.7. The third-order valence-electron chi connectivity index (χ3n) is 3.69. The molecule has 112 valence electrons. The highest BCUT2D eigenvalue weighted by molar-refractivity contribution is 7.91. The molecule has 1 atom stereocenters. The molecule has 0 radical (unpaired) electrons. The van der Waals surface area contributed by atoms with Crippen LogP contribution in [0.5, 0.6) is 0 Å². The average molecular weight is 337 g/mol. The molecule has 0 N–H and O–H groups in total. The van der Waals surface area contributed by atoms with Gasteiger partial charge in [-0.15, -0.1) is 0 Å². The van der Waals surface area contributed by atoms with Crippen molar-refractivity contribution in [3.05, 3.63) is 10.2 Å². The first-order valence-electron chi connectivity index (χ1n) is 6.71. The van der Waals surface area contributed by atoms with Gasteiger partial charge in [-0.25, -0.2) is 13.4 Å². The van der Waals surface area contributed by atoms with E-state index in [1.807, 2.05) is 0 Å². The second-order valence-corrected chi connectivity index (χ2v) is 9.04. The second-order valence-electron chi connectivity index (χ2n) is 5.38. The predicted molar refractivity (Wildman–Crippen MR) is 77.7 cm³/mol. The number of hydrogen-bond donors (Lipinski definition) is 0. The number of rotatable bonds is 5. The molecule has 3 rings (SSSR count). The van der Waals surface area contributed by atoms with Gasteiger partial charge in [-0.05, 0) is 32.1 Å². The SMILES string of the molecule is Cc1nc(Cl)sc1S(=O)(=O)N(CC1CCOC1)C1CC1. The lowest BCUT2D eigenvalue weighted by atomic mass is 10.1. The van der Waals surface area contributed by atoms with Crippen molar-refractivity contribution < 1.29 is 13.2 Å². The van der Waals surface area contributed by atoms with Gasteiger partial charge in [0.2, 0.25) is 0 Å². The van der Waals surface area contributed by atoms with Crippen LogP contribution in [0.4, 0.5) is 0 Å². The third kappa shape index (κ3) is 2.87. The van der Waals surface area contributed by atoms with Crippen LogP contribution >= 0.6 is 22.9 Å². The van der Waals surface area contributed by atoms with Crippen LogP contribution in [-0.2, 0) is 14.8 Å². The molecule has 1 aromatic rings. The van der Waals surface area contributed by atoms with E-state index in [1.54, 1.807) is 11.2 Å². The molecule has 1 saturated heterocycles. The van der Waals surface area contributed by atoms with Crippen molar-refractivity contribution in [1.29, 1.82) is 0 Å². The van der Waals surface area contributed by atoms with Gasteiger partial charge in [0.1, 0.15) is 0 Å². The van der Waals surface area contributed by atoms with Crippen LogP contribution in [0.15, 0.2) is 4.21 Å². The maximum absolute atomic E-state index is 12.8. The summed E-state index contributed by atoms with van der Waals surface area (Å²) in [6, 6.07) is 0.140. The summed E-state index contributed by atoms with van der Waals surface area (Å²) in [7, 11) is -3.49. The van der Waals surface area contributed by atoms with Crippen LogP contribution in [0, 0.1) is 12.8 Å². The van der Waals surface area contributed by atoms with Crippen LogP contribution in [0.3, 0.4) is 0 Å². The zero-order valence-electron chi connectivity index (χ0n) is 11.2. The van der Waals surface area contributed by atoms with E-state index >= 15 is 0 Å². The number of nitrogens with zero attached hydrogens (tertiary/aromatic N) is 2. The van der Waals surface area contributed by atoms with Crippen molar-refractivity contribution in [3.63, 3.8) is 0 Å². The van der Waals surface area contributed by atoms with Gasteiger partial charge in [-0.2, -0.15) is 4.31 Å². The zero-order chi connectivity index (χ0) is 14.3. The molecule has 1 saturated carbocycles. The quantitative estimate of drug-likeness (QED) is 0.827. The molecule has 20 heavy (non-hydrogen) atoms. The lowest BCUT2D eigenvalue weighted by Gasteiger charge is -2.23. The summed E-state index contributed by atoms with van der Waals surface area (Å²) in [4.78, 5) is 4.02. The minimum Gasteiger partial charge on any atom is -0.381 e. The van der Waals surface area contributed by atoms with E-state index in [2.05, 4.69) is 4.98 Å². The van der Waals surface area contributed by atoms with Crippen molar-refractivity contribution in [2.75, 3.05) is 19.8 Å². The number of thiazole rings is 1. The van der Waals surface area contributed by atoms with Crippen LogP contribution in [0.1, 0.15) is 25.0 Å². The van der Waals surface area contributed by atoms with Gasteiger partial charge in [0.15, 0.2) is 8.68 Å². The topological polar surface area (TPSA) is 59.5 Å². The maximum atomic E-state index is 12.8. The minimum absolute atomic E-state index is 0.140. The first-order valence-corrected chi connectivity index (χ1v) is 9.34. The first-order chi connectivity index (χ1) is 9.48. The molecule has 0 amide bonds. The minimum atomic E-state index is -3.49. The number of aryl methyl sites for hydroxylation is 1. The molecule has 8 heteroatoms. The van der Waals surface area contributed by atoms with Gasteiger partial charge in [0.25, 0.3) is 10.0 Å². The van der Waals surface area contributed by atoms with Gasteiger partial charge in [0.05, 0.1) is 12.3 Å². The summed E-state index contributed by atoms with van der Waals surface area (Å²) in [6.45, 7) is 3.62. The van der Waals surface area contributed by atoms with Gasteiger partial charge in [-0.1, -0.05) is 22.9 Å². The van der Waals surface area contributed by atoms with Crippen molar-refractivity contribution in [3.8, 4) is 0 Å². The second kappa shape index (κ2) is 5.53. The molecule has 0 bridgehead atoms. The molecule has 2 aliphatic rings. The summed E-state index contributed by atoms with van der Waals surface area (Å²) in [5.74, 6) is 0.300. The molecule has 2 heterocycles. The number of ether oxygens (including phenoxy) is 1. The lowest BCUT2D eigenvalue weighted by molar-refractivity contribution is 0.180. The maximum Gasteiger partial charge on any atom is 0.254 e. The zero-order valence-corrected chi connectivity index (χ0v) is 13.6. The molecular weight excluding hydrogens is 320 g/mol. The molecule has 1 aliphatic carbocycles. The van der Waals surface area contributed by atoms with Gasteiger partial charge in [-0.3, -0.25) is 0 Å². The molecule has 5 nitrogen and oxygen atoms in total.